The molecule has 0 spiro atoms. The average Bonchev–Trinajstić information content (AvgIpc) is 2.47. The second-order valence-electron chi connectivity index (χ2n) is 4.37. The molecule has 0 aliphatic heterocycles. The summed E-state index contributed by atoms with van der Waals surface area (Å²) in [5, 5.41) is 9.02. The Labute approximate surface area is 113 Å². The van der Waals surface area contributed by atoms with E-state index in [1.54, 1.807) is 14.2 Å². The molecule has 0 saturated heterocycles. The van der Waals surface area contributed by atoms with Gasteiger partial charge in [-0.3, -0.25) is 0 Å². The predicted molar refractivity (Wildman–Crippen MR) is 74.7 cm³/mol. The second kappa shape index (κ2) is 6.25. The highest BCUT2D eigenvalue weighted by Crippen LogP contribution is 2.24. The van der Waals surface area contributed by atoms with E-state index >= 15 is 0 Å². The maximum Gasteiger partial charge on any atom is 0.122 e. The summed E-state index contributed by atoms with van der Waals surface area (Å²) in [6.07, 6.45) is 0.805. The third-order valence-corrected chi connectivity index (χ3v) is 3.03. The zero-order chi connectivity index (χ0) is 13.7. The van der Waals surface area contributed by atoms with Crippen molar-refractivity contribution in [3.8, 4) is 11.5 Å². The van der Waals surface area contributed by atoms with E-state index in [9.17, 15) is 0 Å². The minimum atomic E-state index is 0.0766. The summed E-state index contributed by atoms with van der Waals surface area (Å²) in [5.41, 5.74) is 3.24. The minimum absolute atomic E-state index is 0.0766. The van der Waals surface area contributed by atoms with Gasteiger partial charge in [-0.15, -0.1) is 0 Å². The van der Waals surface area contributed by atoms with Gasteiger partial charge in [0.25, 0.3) is 0 Å². The van der Waals surface area contributed by atoms with E-state index in [1.807, 2.05) is 42.5 Å². The molecule has 100 valence electrons. The van der Waals surface area contributed by atoms with Crippen molar-refractivity contribution >= 4 is 0 Å². The van der Waals surface area contributed by atoms with E-state index in [0.717, 1.165) is 29.0 Å². The Hall–Kier alpha value is -2.00. The molecule has 0 atom stereocenters. The molecule has 0 fully saturated rings. The number of hydrogen-bond donors (Lipinski definition) is 1. The fourth-order valence-corrected chi connectivity index (χ4v) is 1.97. The summed E-state index contributed by atoms with van der Waals surface area (Å²) >= 11 is 0. The molecule has 0 saturated carbocycles. The molecule has 0 heterocycles. The lowest BCUT2D eigenvalue weighted by Gasteiger charge is -2.09. The van der Waals surface area contributed by atoms with E-state index in [-0.39, 0.29) is 6.61 Å². The molecule has 2 aromatic rings. The van der Waals surface area contributed by atoms with E-state index in [0.29, 0.717) is 0 Å². The van der Waals surface area contributed by atoms with Crippen LogP contribution in [0.4, 0.5) is 0 Å². The second-order valence-corrected chi connectivity index (χ2v) is 4.37. The number of ether oxygens (including phenoxy) is 2. The van der Waals surface area contributed by atoms with Crippen LogP contribution < -0.4 is 9.47 Å². The molecule has 0 amide bonds. The van der Waals surface area contributed by atoms with Crippen LogP contribution in [0.25, 0.3) is 0 Å². The molecule has 0 aliphatic rings. The summed E-state index contributed by atoms with van der Waals surface area (Å²) < 4.78 is 10.5. The first kappa shape index (κ1) is 13.4. The van der Waals surface area contributed by atoms with Crippen LogP contribution in [-0.4, -0.2) is 19.3 Å². The molecule has 0 aliphatic carbocycles. The lowest BCUT2D eigenvalue weighted by atomic mass is 10.0. The molecule has 19 heavy (non-hydrogen) atoms. The molecule has 0 aromatic heterocycles. The first-order valence-electron chi connectivity index (χ1n) is 6.16. The molecule has 3 nitrogen and oxygen atoms in total. The predicted octanol–water partition coefficient (Wildman–Crippen LogP) is 2.79. The highest BCUT2D eigenvalue weighted by Gasteiger charge is 2.03. The lowest BCUT2D eigenvalue weighted by molar-refractivity contribution is 0.282. The Kier molecular flexibility index (Phi) is 4.42. The minimum Gasteiger partial charge on any atom is -0.497 e. The molecular formula is C16H18O3. The van der Waals surface area contributed by atoms with E-state index < -0.39 is 0 Å². The zero-order valence-corrected chi connectivity index (χ0v) is 11.2. The number of hydrogen-bond acceptors (Lipinski definition) is 3. The number of benzene rings is 2. The zero-order valence-electron chi connectivity index (χ0n) is 11.2. The smallest absolute Gasteiger partial charge is 0.122 e. The molecule has 1 N–H and O–H groups in total. The number of rotatable bonds is 5. The Morgan fingerprint density at radius 2 is 1.32 bits per heavy atom. The van der Waals surface area contributed by atoms with E-state index in [1.165, 1.54) is 5.56 Å². The maximum atomic E-state index is 9.02. The standard InChI is InChI=1S/C16H18O3/c1-18-15-8-14(9-16(10-15)19-2)7-12-3-5-13(11-17)6-4-12/h3-6,8-10,17H,7,11H2,1-2H3. The largest absolute Gasteiger partial charge is 0.497 e. The summed E-state index contributed by atoms with van der Waals surface area (Å²) in [6.45, 7) is 0.0766. The fourth-order valence-electron chi connectivity index (χ4n) is 1.97. The summed E-state index contributed by atoms with van der Waals surface area (Å²) in [4.78, 5) is 0. The topological polar surface area (TPSA) is 38.7 Å². The van der Waals surface area contributed by atoms with Crippen LogP contribution in [-0.2, 0) is 13.0 Å². The fraction of sp³-hybridized carbons (Fsp3) is 0.250. The van der Waals surface area contributed by atoms with Gasteiger partial charge >= 0.3 is 0 Å². The van der Waals surface area contributed by atoms with Gasteiger partial charge in [0.1, 0.15) is 11.5 Å². The van der Waals surface area contributed by atoms with Crippen LogP contribution in [0, 0.1) is 0 Å². The van der Waals surface area contributed by atoms with Crippen LogP contribution in [0.1, 0.15) is 16.7 Å². The first-order valence-corrected chi connectivity index (χ1v) is 6.16. The number of aliphatic hydroxyl groups excluding tert-OH is 1. The monoisotopic (exact) mass is 258 g/mol. The quantitative estimate of drug-likeness (QED) is 0.896. The van der Waals surface area contributed by atoms with Gasteiger partial charge in [-0.25, -0.2) is 0 Å². The maximum absolute atomic E-state index is 9.02. The Balaban J connectivity index is 2.21. The Morgan fingerprint density at radius 1 is 0.789 bits per heavy atom. The molecule has 2 aromatic carbocycles. The van der Waals surface area contributed by atoms with Gasteiger partial charge in [0.05, 0.1) is 20.8 Å². The van der Waals surface area contributed by atoms with Crippen molar-refractivity contribution in [2.45, 2.75) is 13.0 Å². The normalized spacial score (nSPS) is 10.3. The third-order valence-electron chi connectivity index (χ3n) is 3.03. The van der Waals surface area contributed by atoms with Gasteiger partial charge in [-0.1, -0.05) is 24.3 Å². The van der Waals surface area contributed by atoms with Gasteiger partial charge in [0.15, 0.2) is 0 Å². The Bertz CT molecular complexity index is 510. The van der Waals surface area contributed by atoms with Crippen LogP contribution in [0.2, 0.25) is 0 Å². The average molecular weight is 258 g/mol. The highest BCUT2D eigenvalue weighted by atomic mass is 16.5. The van der Waals surface area contributed by atoms with Crippen molar-refractivity contribution in [2.75, 3.05) is 14.2 Å². The van der Waals surface area contributed by atoms with Crippen molar-refractivity contribution in [1.82, 2.24) is 0 Å². The summed E-state index contributed by atoms with van der Waals surface area (Å²) in [6, 6.07) is 13.8. The molecule has 0 radical (unpaired) electrons. The number of methoxy groups -OCH3 is 2. The van der Waals surface area contributed by atoms with Crippen molar-refractivity contribution in [3.05, 3.63) is 59.2 Å². The Morgan fingerprint density at radius 3 is 1.79 bits per heavy atom. The summed E-state index contributed by atoms with van der Waals surface area (Å²) in [5.74, 6) is 1.59. The van der Waals surface area contributed by atoms with Crippen LogP contribution in [0.3, 0.4) is 0 Å². The van der Waals surface area contributed by atoms with Crippen molar-refractivity contribution in [1.29, 1.82) is 0 Å². The van der Waals surface area contributed by atoms with Gasteiger partial charge in [-0.2, -0.15) is 0 Å². The highest BCUT2D eigenvalue weighted by molar-refractivity contribution is 5.40. The molecule has 3 heteroatoms. The molecule has 2 rings (SSSR count). The van der Waals surface area contributed by atoms with Crippen molar-refractivity contribution < 1.29 is 14.6 Å². The van der Waals surface area contributed by atoms with Gasteiger partial charge in [-0.05, 0) is 35.2 Å². The van der Waals surface area contributed by atoms with E-state index in [4.69, 9.17) is 14.6 Å². The molecule has 0 bridgehead atoms. The lowest BCUT2D eigenvalue weighted by Crippen LogP contribution is -1.93. The first-order chi connectivity index (χ1) is 9.25. The SMILES string of the molecule is COc1cc(Cc2ccc(CO)cc2)cc(OC)c1. The third kappa shape index (κ3) is 3.48. The molecule has 0 unspecified atom stereocenters. The van der Waals surface area contributed by atoms with Gasteiger partial charge in [0.2, 0.25) is 0 Å². The molecular weight excluding hydrogens is 240 g/mol. The number of aliphatic hydroxyl groups is 1. The summed E-state index contributed by atoms with van der Waals surface area (Å²) in [7, 11) is 3.29. The van der Waals surface area contributed by atoms with Crippen LogP contribution in [0.5, 0.6) is 11.5 Å². The van der Waals surface area contributed by atoms with Crippen LogP contribution >= 0.6 is 0 Å². The van der Waals surface area contributed by atoms with Gasteiger partial charge < -0.3 is 14.6 Å². The van der Waals surface area contributed by atoms with Crippen LogP contribution in [0.15, 0.2) is 42.5 Å². The van der Waals surface area contributed by atoms with Crippen molar-refractivity contribution in [3.63, 3.8) is 0 Å². The van der Waals surface area contributed by atoms with Gasteiger partial charge in [0, 0.05) is 6.07 Å². The van der Waals surface area contributed by atoms with Crippen molar-refractivity contribution in [2.24, 2.45) is 0 Å². The van der Waals surface area contributed by atoms with E-state index in [2.05, 4.69) is 0 Å².